The van der Waals surface area contributed by atoms with E-state index in [1.165, 1.54) is 60.7 Å². The van der Waals surface area contributed by atoms with Gasteiger partial charge in [0.15, 0.2) is 5.76 Å². The van der Waals surface area contributed by atoms with Gasteiger partial charge in [0.05, 0.1) is 16.1 Å². The fraction of sp³-hybridized carbons (Fsp3) is 0. The van der Waals surface area contributed by atoms with Crippen LogP contribution in [0.2, 0.25) is 0 Å². The van der Waals surface area contributed by atoms with Crippen LogP contribution in [0.25, 0.3) is 6.08 Å². The Morgan fingerprint density at radius 1 is 1.03 bits per heavy atom. The molecule has 148 valence electrons. The summed E-state index contributed by atoms with van der Waals surface area (Å²) in [5, 5.41) is 10.7. The molecule has 3 aromatic carbocycles. The molecule has 4 rings (SSSR count). The molecule has 7 nitrogen and oxygen atoms in total. The Hall–Kier alpha value is -4.33. The van der Waals surface area contributed by atoms with Gasteiger partial charge in [-0.2, -0.15) is 0 Å². The number of rotatable bonds is 4. The van der Waals surface area contributed by atoms with Gasteiger partial charge in [-0.25, -0.2) is 9.18 Å². The van der Waals surface area contributed by atoms with Crippen LogP contribution in [0.4, 0.5) is 10.1 Å². The standard InChI is InChI=1S/C22H12FNO6/c23-15-5-3-14(4-6-15)22(26)29-17-9-10-18-19(12-17)30-20(21(18)25)11-13-1-7-16(8-2-13)24(27)28/h1-12H/b20-11-. The van der Waals surface area contributed by atoms with Crippen molar-refractivity contribution in [1.82, 2.24) is 0 Å². The maximum absolute atomic E-state index is 13.0. The van der Waals surface area contributed by atoms with Gasteiger partial charge in [0.2, 0.25) is 5.78 Å². The number of nitro benzene ring substituents is 1. The summed E-state index contributed by atoms with van der Waals surface area (Å²) in [6.07, 6.45) is 1.47. The molecule has 0 aromatic heterocycles. The number of hydrogen-bond donors (Lipinski definition) is 0. The van der Waals surface area contributed by atoms with Crippen LogP contribution in [0.1, 0.15) is 26.3 Å². The third kappa shape index (κ3) is 3.79. The highest BCUT2D eigenvalue weighted by Gasteiger charge is 2.28. The topological polar surface area (TPSA) is 95.7 Å². The number of non-ortho nitro benzene ring substituents is 1. The van der Waals surface area contributed by atoms with E-state index in [0.29, 0.717) is 11.1 Å². The molecule has 0 atom stereocenters. The summed E-state index contributed by atoms with van der Waals surface area (Å²) >= 11 is 0. The van der Waals surface area contributed by atoms with Gasteiger partial charge < -0.3 is 9.47 Å². The average molecular weight is 405 g/mol. The van der Waals surface area contributed by atoms with E-state index in [4.69, 9.17) is 9.47 Å². The lowest BCUT2D eigenvalue weighted by Crippen LogP contribution is -2.08. The van der Waals surface area contributed by atoms with Crippen molar-refractivity contribution in [3.63, 3.8) is 0 Å². The third-order valence-corrected chi connectivity index (χ3v) is 4.33. The van der Waals surface area contributed by atoms with E-state index in [-0.39, 0.29) is 34.3 Å². The van der Waals surface area contributed by atoms with Crippen molar-refractivity contribution in [2.75, 3.05) is 0 Å². The van der Waals surface area contributed by atoms with Crippen LogP contribution in [0.15, 0.2) is 72.5 Å². The normalized spacial score (nSPS) is 13.6. The largest absolute Gasteiger partial charge is 0.452 e. The number of fused-ring (bicyclic) bond motifs is 1. The molecule has 0 unspecified atom stereocenters. The van der Waals surface area contributed by atoms with Gasteiger partial charge in [0.25, 0.3) is 5.69 Å². The molecule has 0 fully saturated rings. The summed E-state index contributed by atoms with van der Waals surface area (Å²) in [7, 11) is 0. The zero-order valence-corrected chi connectivity index (χ0v) is 15.2. The molecule has 8 heteroatoms. The van der Waals surface area contributed by atoms with Crippen molar-refractivity contribution in [2.24, 2.45) is 0 Å². The first-order chi connectivity index (χ1) is 14.4. The Balaban J connectivity index is 1.52. The summed E-state index contributed by atoms with van der Waals surface area (Å²) < 4.78 is 23.8. The van der Waals surface area contributed by atoms with Gasteiger partial charge >= 0.3 is 5.97 Å². The molecule has 0 radical (unpaired) electrons. The van der Waals surface area contributed by atoms with Crippen LogP contribution in [-0.2, 0) is 0 Å². The maximum Gasteiger partial charge on any atom is 0.343 e. The first kappa shape index (κ1) is 19.0. The highest BCUT2D eigenvalue weighted by Crippen LogP contribution is 2.35. The monoisotopic (exact) mass is 405 g/mol. The summed E-state index contributed by atoms with van der Waals surface area (Å²) in [6.45, 7) is 0. The zero-order valence-electron chi connectivity index (χ0n) is 15.2. The Kier molecular flexibility index (Phi) is 4.81. The average Bonchev–Trinajstić information content (AvgIpc) is 3.03. The molecule has 0 saturated heterocycles. The first-order valence-corrected chi connectivity index (χ1v) is 8.71. The Morgan fingerprint density at radius 2 is 1.73 bits per heavy atom. The minimum Gasteiger partial charge on any atom is -0.452 e. The lowest BCUT2D eigenvalue weighted by atomic mass is 10.1. The molecule has 0 N–H and O–H groups in total. The number of ketones is 1. The van der Waals surface area contributed by atoms with E-state index in [1.54, 1.807) is 0 Å². The van der Waals surface area contributed by atoms with E-state index in [0.717, 1.165) is 12.1 Å². The van der Waals surface area contributed by atoms with Gasteiger partial charge in [0.1, 0.15) is 17.3 Å². The second-order valence-electron chi connectivity index (χ2n) is 6.34. The smallest absolute Gasteiger partial charge is 0.343 e. The van der Waals surface area contributed by atoms with Crippen molar-refractivity contribution in [1.29, 1.82) is 0 Å². The van der Waals surface area contributed by atoms with Gasteiger partial charge in [0, 0.05) is 18.2 Å². The Labute approximate surface area is 169 Å². The molecule has 0 spiro atoms. The van der Waals surface area contributed by atoms with E-state index >= 15 is 0 Å². The van der Waals surface area contributed by atoms with Crippen LogP contribution in [0.5, 0.6) is 11.5 Å². The van der Waals surface area contributed by atoms with Crippen LogP contribution in [0, 0.1) is 15.9 Å². The molecule has 0 amide bonds. The van der Waals surface area contributed by atoms with Crippen LogP contribution < -0.4 is 9.47 Å². The number of benzene rings is 3. The van der Waals surface area contributed by atoms with Crippen LogP contribution in [0.3, 0.4) is 0 Å². The van der Waals surface area contributed by atoms with Gasteiger partial charge in [-0.15, -0.1) is 0 Å². The molecular weight excluding hydrogens is 393 g/mol. The highest BCUT2D eigenvalue weighted by atomic mass is 19.1. The quantitative estimate of drug-likeness (QED) is 0.207. The molecular formula is C22H12FNO6. The number of nitrogens with zero attached hydrogens (tertiary/aromatic N) is 1. The minimum atomic E-state index is -0.680. The van der Waals surface area contributed by atoms with Gasteiger partial charge in [-0.1, -0.05) is 0 Å². The predicted octanol–water partition coefficient (Wildman–Crippen LogP) is 4.57. The lowest BCUT2D eigenvalue weighted by molar-refractivity contribution is -0.384. The second-order valence-corrected chi connectivity index (χ2v) is 6.34. The molecule has 0 saturated carbocycles. The van der Waals surface area contributed by atoms with E-state index in [2.05, 4.69) is 0 Å². The second kappa shape index (κ2) is 7.59. The van der Waals surface area contributed by atoms with Crippen LogP contribution in [-0.4, -0.2) is 16.7 Å². The molecule has 1 aliphatic heterocycles. The molecule has 3 aromatic rings. The fourth-order valence-electron chi connectivity index (χ4n) is 2.83. The van der Waals surface area contributed by atoms with E-state index < -0.39 is 16.7 Å². The summed E-state index contributed by atoms with van der Waals surface area (Å²) in [4.78, 5) is 34.9. The summed E-state index contributed by atoms with van der Waals surface area (Å²) in [6, 6.07) is 14.9. The number of allylic oxidation sites excluding steroid dienone is 1. The van der Waals surface area contributed by atoms with Crippen molar-refractivity contribution < 1.29 is 28.4 Å². The van der Waals surface area contributed by atoms with Crippen molar-refractivity contribution >= 4 is 23.5 Å². The zero-order chi connectivity index (χ0) is 21.3. The van der Waals surface area contributed by atoms with Crippen molar-refractivity contribution in [3.05, 3.63) is 105 Å². The number of Topliss-reactive ketones (excluding diaryl/α,β-unsaturated/α-hetero) is 1. The highest BCUT2D eigenvalue weighted by molar-refractivity contribution is 6.14. The third-order valence-electron chi connectivity index (χ3n) is 4.33. The number of hydrogen-bond acceptors (Lipinski definition) is 6. The number of carbonyl (C=O) groups is 2. The first-order valence-electron chi connectivity index (χ1n) is 8.71. The molecule has 1 heterocycles. The maximum atomic E-state index is 13.0. The summed E-state index contributed by atoms with van der Waals surface area (Å²) in [5.74, 6) is -1.09. The van der Waals surface area contributed by atoms with Gasteiger partial charge in [-0.3, -0.25) is 14.9 Å². The molecule has 1 aliphatic rings. The molecule has 0 bridgehead atoms. The number of carbonyl (C=O) groups excluding carboxylic acids is 2. The van der Waals surface area contributed by atoms with Gasteiger partial charge in [-0.05, 0) is 60.2 Å². The Morgan fingerprint density at radius 3 is 2.40 bits per heavy atom. The lowest BCUT2D eigenvalue weighted by Gasteiger charge is -2.05. The predicted molar refractivity (Wildman–Crippen MR) is 104 cm³/mol. The van der Waals surface area contributed by atoms with Crippen LogP contribution >= 0.6 is 0 Å². The fourth-order valence-corrected chi connectivity index (χ4v) is 2.83. The van der Waals surface area contributed by atoms with E-state index in [9.17, 15) is 24.1 Å². The molecule has 30 heavy (non-hydrogen) atoms. The number of ether oxygens (including phenoxy) is 2. The number of nitro groups is 1. The van der Waals surface area contributed by atoms with Crippen molar-refractivity contribution in [3.8, 4) is 11.5 Å². The van der Waals surface area contributed by atoms with Crippen molar-refractivity contribution in [2.45, 2.75) is 0 Å². The number of halogens is 1. The summed E-state index contributed by atoms with van der Waals surface area (Å²) in [5.41, 5.74) is 0.962. The number of esters is 1. The van der Waals surface area contributed by atoms with E-state index in [1.807, 2.05) is 0 Å². The SMILES string of the molecule is O=C(Oc1ccc2c(c1)O/C(=C\c1ccc([N+](=O)[O-])cc1)C2=O)c1ccc(F)cc1. The molecule has 0 aliphatic carbocycles. The Bertz CT molecular complexity index is 1200. The minimum absolute atomic E-state index is 0.0425.